The molecule has 1 aliphatic rings. The van der Waals surface area contributed by atoms with Crippen LogP contribution >= 0.6 is 0 Å². The molecule has 0 saturated heterocycles. The zero-order valence-electron chi connectivity index (χ0n) is 14.9. The van der Waals surface area contributed by atoms with Crippen LogP contribution < -0.4 is 5.32 Å². The highest BCUT2D eigenvalue weighted by molar-refractivity contribution is 5.87. The van der Waals surface area contributed by atoms with Crippen LogP contribution in [0.5, 0.6) is 0 Å². The number of rotatable bonds is 4. The van der Waals surface area contributed by atoms with Crippen molar-refractivity contribution in [1.29, 1.82) is 0 Å². The lowest BCUT2D eigenvalue weighted by atomic mass is 10.1. The number of hydrogen-bond donors (Lipinski definition) is 1. The highest BCUT2D eigenvalue weighted by Gasteiger charge is 2.62. The van der Waals surface area contributed by atoms with Crippen LogP contribution in [-0.4, -0.2) is 42.3 Å². The molecule has 0 bridgehead atoms. The first-order valence-corrected chi connectivity index (χ1v) is 8.81. The summed E-state index contributed by atoms with van der Waals surface area (Å²) in [5.74, 6) is 0.177. The Balaban J connectivity index is 1.44. The van der Waals surface area contributed by atoms with Gasteiger partial charge in [-0.1, -0.05) is 11.3 Å². The van der Waals surface area contributed by atoms with Crippen molar-refractivity contribution in [3.05, 3.63) is 36.7 Å². The van der Waals surface area contributed by atoms with E-state index in [4.69, 9.17) is 0 Å². The minimum Gasteiger partial charge on any atom is -0.352 e. The normalized spacial score (nSPS) is 16.0. The molecular weight excluding hydrogens is 371 g/mol. The molecule has 5 rings (SSSR count). The maximum absolute atomic E-state index is 13.1. The van der Waals surface area contributed by atoms with Crippen LogP contribution in [0, 0.1) is 5.41 Å². The van der Waals surface area contributed by atoms with Crippen LogP contribution in [0.2, 0.25) is 0 Å². The Morgan fingerprint density at radius 3 is 2.75 bits per heavy atom. The molecule has 0 unspecified atom stereocenters. The first-order valence-electron chi connectivity index (χ1n) is 8.81. The van der Waals surface area contributed by atoms with Gasteiger partial charge in [-0.25, -0.2) is 14.2 Å². The van der Waals surface area contributed by atoms with E-state index in [-0.39, 0.29) is 25.3 Å². The number of fused-ring (bicyclic) bond motifs is 2. The molecule has 1 saturated carbocycles. The summed E-state index contributed by atoms with van der Waals surface area (Å²) in [7, 11) is 1.83. The minimum absolute atomic E-state index is 0.144. The van der Waals surface area contributed by atoms with Gasteiger partial charge < -0.3 is 5.32 Å². The first kappa shape index (κ1) is 17.0. The molecule has 4 aromatic rings. The molecule has 0 aliphatic heterocycles. The second kappa shape index (κ2) is 5.66. The van der Waals surface area contributed by atoms with Gasteiger partial charge in [0.05, 0.1) is 22.6 Å². The number of alkyl halides is 3. The maximum Gasteiger partial charge on any atom is 0.396 e. The molecule has 1 N–H and O–H groups in total. The third kappa shape index (κ3) is 2.59. The number of halogens is 3. The molecule has 3 aromatic heterocycles. The number of anilines is 1. The predicted octanol–water partition coefficient (Wildman–Crippen LogP) is 3.43. The second-order valence-corrected chi connectivity index (χ2v) is 7.19. The van der Waals surface area contributed by atoms with E-state index in [2.05, 4.69) is 25.7 Å². The van der Waals surface area contributed by atoms with Gasteiger partial charge in [-0.05, 0) is 36.6 Å². The Hall–Kier alpha value is -3.17. The number of nitrogens with zero attached hydrogens (tertiary/aromatic N) is 6. The fourth-order valence-electron chi connectivity index (χ4n) is 3.38. The van der Waals surface area contributed by atoms with Gasteiger partial charge in [0.15, 0.2) is 0 Å². The molecule has 0 spiro atoms. The van der Waals surface area contributed by atoms with E-state index in [1.165, 1.54) is 0 Å². The highest BCUT2D eigenvalue weighted by atomic mass is 19.4. The SMILES string of the molecule is Cn1nnc2ccc(-c3ccn4nc(NCC5(C(F)(F)F)CC5)ncc34)cc21. The molecule has 28 heavy (non-hydrogen) atoms. The van der Waals surface area contributed by atoms with Gasteiger partial charge in [-0.15, -0.1) is 10.2 Å². The van der Waals surface area contributed by atoms with E-state index in [0.717, 1.165) is 27.7 Å². The summed E-state index contributed by atoms with van der Waals surface area (Å²) in [5.41, 5.74) is 2.70. The molecule has 7 nitrogen and oxygen atoms in total. The number of nitrogens with one attached hydrogen (secondary N) is 1. The van der Waals surface area contributed by atoms with Crippen molar-refractivity contribution in [3.8, 4) is 11.1 Å². The fraction of sp³-hybridized carbons (Fsp3) is 0.333. The van der Waals surface area contributed by atoms with E-state index in [1.807, 2.05) is 31.3 Å². The van der Waals surface area contributed by atoms with Gasteiger partial charge >= 0.3 is 6.18 Å². The summed E-state index contributed by atoms with van der Waals surface area (Å²) >= 11 is 0. The van der Waals surface area contributed by atoms with Gasteiger partial charge in [-0.3, -0.25) is 0 Å². The average molecular weight is 387 g/mol. The zero-order valence-corrected chi connectivity index (χ0v) is 14.9. The van der Waals surface area contributed by atoms with Crippen LogP contribution in [0.4, 0.5) is 19.1 Å². The molecule has 1 aromatic carbocycles. The topological polar surface area (TPSA) is 72.9 Å². The molecule has 144 valence electrons. The molecule has 3 heterocycles. The molecular formula is C18H16F3N7. The van der Waals surface area contributed by atoms with Crippen molar-refractivity contribution in [3.63, 3.8) is 0 Å². The first-order chi connectivity index (χ1) is 13.4. The Morgan fingerprint density at radius 1 is 1.18 bits per heavy atom. The number of benzene rings is 1. The second-order valence-electron chi connectivity index (χ2n) is 7.19. The van der Waals surface area contributed by atoms with Crippen LogP contribution in [0.1, 0.15) is 12.8 Å². The zero-order chi connectivity index (χ0) is 19.5. The summed E-state index contributed by atoms with van der Waals surface area (Å²) in [5, 5.41) is 15.1. The van der Waals surface area contributed by atoms with Gasteiger partial charge in [0, 0.05) is 25.4 Å². The quantitative estimate of drug-likeness (QED) is 0.581. The highest BCUT2D eigenvalue weighted by Crippen LogP contribution is 2.57. The third-order valence-electron chi connectivity index (χ3n) is 5.38. The summed E-state index contributed by atoms with van der Waals surface area (Å²) in [6.45, 7) is -0.208. The van der Waals surface area contributed by atoms with Gasteiger partial charge in [-0.2, -0.15) is 13.2 Å². The number of hydrogen-bond acceptors (Lipinski definition) is 5. The summed E-state index contributed by atoms with van der Waals surface area (Å²) in [6, 6.07) is 7.72. The van der Waals surface area contributed by atoms with Crippen LogP contribution in [0.25, 0.3) is 27.7 Å². The van der Waals surface area contributed by atoms with E-state index in [0.29, 0.717) is 0 Å². The van der Waals surface area contributed by atoms with Gasteiger partial charge in [0.1, 0.15) is 5.52 Å². The van der Waals surface area contributed by atoms with Crippen LogP contribution in [-0.2, 0) is 7.05 Å². The Bertz CT molecular complexity index is 1190. The minimum atomic E-state index is -4.20. The van der Waals surface area contributed by atoms with Gasteiger partial charge in [0.2, 0.25) is 5.95 Å². The van der Waals surface area contributed by atoms with Crippen molar-refractivity contribution in [1.82, 2.24) is 29.6 Å². The average Bonchev–Trinajstić information content (AvgIpc) is 3.24. The fourth-order valence-corrected chi connectivity index (χ4v) is 3.38. The van der Waals surface area contributed by atoms with Gasteiger partial charge in [0.25, 0.3) is 0 Å². The molecule has 10 heteroatoms. The van der Waals surface area contributed by atoms with Crippen LogP contribution in [0.15, 0.2) is 36.7 Å². The van der Waals surface area contributed by atoms with Crippen molar-refractivity contribution in [2.24, 2.45) is 12.5 Å². The lowest BCUT2D eigenvalue weighted by Gasteiger charge is -2.19. The Morgan fingerprint density at radius 2 is 2.00 bits per heavy atom. The molecule has 0 amide bonds. The lowest BCUT2D eigenvalue weighted by Crippen LogP contribution is -2.32. The van der Waals surface area contributed by atoms with Crippen LogP contribution in [0.3, 0.4) is 0 Å². The van der Waals surface area contributed by atoms with Crippen molar-refractivity contribution in [2.75, 3.05) is 11.9 Å². The van der Waals surface area contributed by atoms with Crippen molar-refractivity contribution in [2.45, 2.75) is 19.0 Å². The largest absolute Gasteiger partial charge is 0.396 e. The third-order valence-corrected chi connectivity index (χ3v) is 5.38. The van der Waals surface area contributed by atoms with E-state index in [9.17, 15) is 13.2 Å². The summed E-state index contributed by atoms with van der Waals surface area (Å²) in [4.78, 5) is 4.21. The molecule has 0 radical (unpaired) electrons. The van der Waals surface area contributed by atoms with E-state index >= 15 is 0 Å². The summed E-state index contributed by atoms with van der Waals surface area (Å²) < 4.78 is 42.5. The van der Waals surface area contributed by atoms with E-state index < -0.39 is 11.6 Å². The number of aromatic nitrogens is 6. The Kier molecular flexibility index (Phi) is 3.43. The smallest absolute Gasteiger partial charge is 0.352 e. The standard InChI is InChI=1S/C18H16F3N7/c1-27-14-8-11(2-3-13(14)24-26-27)12-4-7-28-15(12)9-22-16(25-28)23-10-17(5-6-17)18(19,20)21/h2-4,7-9H,5-6,10H2,1H3,(H,23,25). The van der Waals surface area contributed by atoms with E-state index in [1.54, 1.807) is 21.6 Å². The van der Waals surface area contributed by atoms with Crippen molar-refractivity contribution >= 4 is 22.5 Å². The number of aryl methyl sites for hydroxylation is 1. The molecule has 1 aliphatic carbocycles. The predicted molar refractivity (Wildman–Crippen MR) is 96.7 cm³/mol. The maximum atomic E-state index is 13.1. The van der Waals surface area contributed by atoms with Crippen molar-refractivity contribution < 1.29 is 13.2 Å². The monoisotopic (exact) mass is 387 g/mol. The Labute approximate surface area is 157 Å². The molecule has 0 atom stereocenters. The lowest BCUT2D eigenvalue weighted by molar-refractivity contribution is -0.182. The molecule has 1 fully saturated rings. The summed E-state index contributed by atoms with van der Waals surface area (Å²) in [6.07, 6.45) is -0.539.